The molecule has 0 unspecified atom stereocenters. The van der Waals surface area contributed by atoms with Crippen LogP contribution in [0.3, 0.4) is 0 Å². The van der Waals surface area contributed by atoms with Gasteiger partial charge >= 0.3 is 0 Å². The van der Waals surface area contributed by atoms with E-state index in [0.29, 0.717) is 25.7 Å². The predicted octanol–water partition coefficient (Wildman–Crippen LogP) is 3.70. The van der Waals surface area contributed by atoms with Gasteiger partial charge in [0.15, 0.2) is 5.96 Å². The van der Waals surface area contributed by atoms with Crippen molar-refractivity contribution in [3.63, 3.8) is 0 Å². The summed E-state index contributed by atoms with van der Waals surface area (Å²) in [5.74, 6) is 2.36. The number of hydrogen-bond donors (Lipinski definition) is 2. The number of nitrogens with zero attached hydrogens (tertiary/aromatic N) is 2. The SMILES string of the molecule is CCNC(=NCc1ncc(C)c(OC)c1C)Nc1cccc(OCCCOC)c1. The Bertz CT molecular complexity index is 809. The van der Waals surface area contributed by atoms with Crippen molar-refractivity contribution in [3.05, 3.63) is 47.3 Å². The summed E-state index contributed by atoms with van der Waals surface area (Å²) in [6, 6.07) is 7.83. The number of nitrogens with one attached hydrogen (secondary N) is 2. The number of rotatable bonds is 10. The van der Waals surface area contributed by atoms with Crippen LogP contribution in [-0.4, -0.2) is 44.9 Å². The molecule has 7 nitrogen and oxygen atoms in total. The molecule has 0 saturated heterocycles. The molecule has 158 valence electrons. The van der Waals surface area contributed by atoms with E-state index in [-0.39, 0.29) is 0 Å². The third-order valence-electron chi connectivity index (χ3n) is 4.34. The molecule has 0 saturated carbocycles. The fourth-order valence-corrected chi connectivity index (χ4v) is 2.89. The first-order valence-electron chi connectivity index (χ1n) is 9.85. The molecule has 0 spiro atoms. The molecule has 0 aliphatic rings. The van der Waals surface area contributed by atoms with E-state index in [1.165, 1.54) is 0 Å². The van der Waals surface area contributed by atoms with Gasteiger partial charge in [0.05, 0.1) is 26.0 Å². The highest BCUT2D eigenvalue weighted by Crippen LogP contribution is 2.24. The topological polar surface area (TPSA) is 77.0 Å². The summed E-state index contributed by atoms with van der Waals surface area (Å²) in [6.45, 7) is 8.53. The van der Waals surface area contributed by atoms with Crippen LogP contribution in [0.25, 0.3) is 0 Å². The van der Waals surface area contributed by atoms with Gasteiger partial charge in [-0.1, -0.05) is 6.07 Å². The van der Waals surface area contributed by atoms with Crippen LogP contribution in [0.4, 0.5) is 5.69 Å². The quantitative estimate of drug-likeness (QED) is 0.360. The number of aryl methyl sites for hydroxylation is 1. The third-order valence-corrected chi connectivity index (χ3v) is 4.34. The molecular weight excluding hydrogens is 368 g/mol. The molecule has 2 aromatic rings. The highest BCUT2D eigenvalue weighted by Gasteiger charge is 2.09. The smallest absolute Gasteiger partial charge is 0.196 e. The van der Waals surface area contributed by atoms with Crippen LogP contribution in [-0.2, 0) is 11.3 Å². The summed E-state index contributed by atoms with van der Waals surface area (Å²) in [6.07, 6.45) is 2.67. The summed E-state index contributed by atoms with van der Waals surface area (Å²) in [5.41, 5.74) is 3.82. The first-order valence-corrected chi connectivity index (χ1v) is 9.85. The summed E-state index contributed by atoms with van der Waals surface area (Å²) >= 11 is 0. The van der Waals surface area contributed by atoms with Crippen molar-refractivity contribution >= 4 is 11.6 Å². The number of aliphatic imine (C=N–C) groups is 1. The van der Waals surface area contributed by atoms with Crippen molar-refractivity contribution in [1.29, 1.82) is 0 Å². The van der Waals surface area contributed by atoms with Crippen molar-refractivity contribution in [2.75, 3.05) is 39.3 Å². The van der Waals surface area contributed by atoms with E-state index in [1.54, 1.807) is 14.2 Å². The highest BCUT2D eigenvalue weighted by molar-refractivity contribution is 5.93. The summed E-state index contributed by atoms with van der Waals surface area (Å²) < 4.78 is 16.3. The lowest BCUT2D eigenvalue weighted by Crippen LogP contribution is -2.30. The van der Waals surface area contributed by atoms with Crippen LogP contribution < -0.4 is 20.1 Å². The Morgan fingerprint density at radius 3 is 2.72 bits per heavy atom. The number of benzene rings is 1. The molecular formula is C22H32N4O3. The van der Waals surface area contributed by atoms with E-state index in [4.69, 9.17) is 14.2 Å². The second kappa shape index (κ2) is 11.9. The second-order valence-electron chi connectivity index (χ2n) is 6.59. The standard InChI is InChI=1S/C22H32N4O3/c1-6-23-22(25-15-20-17(3)21(28-5)16(2)14-24-20)26-18-9-7-10-19(13-18)29-12-8-11-27-4/h7,9-10,13-14H,6,8,11-12,15H2,1-5H3,(H2,23,25,26). The van der Waals surface area contributed by atoms with E-state index >= 15 is 0 Å². The van der Waals surface area contributed by atoms with Gasteiger partial charge in [-0.25, -0.2) is 4.99 Å². The minimum Gasteiger partial charge on any atom is -0.496 e. The largest absolute Gasteiger partial charge is 0.496 e. The first kappa shape index (κ1) is 22.5. The second-order valence-corrected chi connectivity index (χ2v) is 6.59. The lowest BCUT2D eigenvalue weighted by atomic mass is 10.1. The number of pyridine rings is 1. The van der Waals surface area contributed by atoms with Crippen molar-refractivity contribution in [2.24, 2.45) is 4.99 Å². The lowest BCUT2D eigenvalue weighted by Gasteiger charge is -2.14. The molecule has 0 bridgehead atoms. The lowest BCUT2D eigenvalue weighted by molar-refractivity contribution is 0.172. The van der Waals surface area contributed by atoms with Crippen LogP contribution in [0.2, 0.25) is 0 Å². The number of guanidine groups is 1. The summed E-state index contributed by atoms with van der Waals surface area (Å²) in [7, 11) is 3.37. The molecule has 29 heavy (non-hydrogen) atoms. The maximum Gasteiger partial charge on any atom is 0.196 e. The zero-order chi connectivity index (χ0) is 21.1. The summed E-state index contributed by atoms with van der Waals surface area (Å²) in [5, 5.41) is 6.59. The van der Waals surface area contributed by atoms with E-state index in [2.05, 4.69) is 20.6 Å². The maximum absolute atomic E-state index is 5.77. The average molecular weight is 401 g/mol. The van der Waals surface area contributed by atoms with Crippen LogP contribution in [0, 0.1) is 13.8 Å². The molecule has 2 rings (SSSR count). The minimum absolute atomic E-state index is 0.449. The molecule has 1 aromatic heterocycles. The van der Waals surface area contributed by atoms with Gasteiger partial charge in [0, 0.05) is 55.8 Å². The van der Waals surface area contributed by atoms with E-state index in [0.717, 1.165) is 47.0 Å². The first-order chi connectivity index (χ1) is 14.1. The monoisotopic (exact) mass is 400 g/mol. The number of hydrogen-bond acceptors (Lipinski definition) is 5. The van der Waals surface area contributed by atoms with Crippen molar-refractivity contribution in [2.45, 2.75) is 33.7 Å². The van der Waals surface area contributed by atoms with Crippen molar-refractivity contribution < 1.29 is 14.2 Å². The van der Waals surface area contributed by atoms with Gasteiger partial charge in [-0.15, -0.1) is 0 Å². The number of ether oxygens (including phenoxy) is 3. The molecule has 1 heterocycles. The molecule has 0 aliphatic heterocycles. The fourth-order valence-electron chi connectivity index (χ4n) is 2.89. The third kappa shape index (κ3) is 6.94. The van der Waals surface area contributed by atoms with Gasteiger partial charge in [0.2, 0.25) is 0 Å². The molecule has 0 radical (unpaired) electrons. The fraction of sp³-hybridized carbons (Fsp3) is 0.455. The van der Waals surface area contributed by atoms with E-state index in [9.17, 15) is 0 Å². The van der Waals surface area contributed by atoms with Gasteiger partial charge in [-0.3, -0.25) is 4.98 Å². The molecule has 7 heteroatoms. The minimum atomic E-state index is 0.449. The van der Waals surface area contributed by atoms with Gasteiger partial charge in [-0.2, -0.15) is 0 Å². The van der Waals surface area contributed by atoms with E-state index < -0.39 is 0 Å². The van der Waals surface area contributed by atoms with Crippen molar-refractivity contribution in [3.8, 4) is 11.5 Å². The van der Waals surface area contributed by atoms with Crippen LogP contribution >= 0.6 is 0 Å². The maximum atomic E-state index is 5.77. The Balaban J connectivity index is 2.08. The number of aromatic nitrogens is 1. The zero-order valence-corrected chi connectivity index (χ0v) is 18.0. The predicted molar refractivity (Wildman–Crippen MR) is 117 cm³/mol. The average Bonchev–Trinajstić information content (AvgIpc) is 2.71. The Labute approximate surface area is 173 Å². The van der Waals surface area contributed by atoms with E-state index in [1.807, 2.05) is 51.2 Å². The molecule has 0 aliphatic carbocycles. The Kier molecular flexibility index (Phi) is 9.24. The van der Waals surface area contributed by atoms with Gasteiger partial charge in [0.25, 0.3) is 0 Å². The van der Waals surface area contributed by atoms with Crippen LogP contribution in [0.15, 0.2) is 35.5 Å². The number of anilines is 1. The van der Waals surface area contributed by atoms with Gasteiger partial charge < -0.3 is 24.8 Å². The zero-order valence-electron chi connectivity index (χ0n) is 18.0. The Morgan fingerprint density at radius 1 is 1.17 bits per heavy atom. The van der Waals surface area contributed by atoms with Crippen LogP contribution in [0.5, 0.6) is 11.5 Å². The van der Waals surface area contributed by atoms with Crippen LogP contribution in [0.1, 0.15) is 30.2 Å². The Hall–Kier alpha value is -2.80. The normalized spacial score (nSPS) is 11.3. The Morgan fingerprint density at radius 2 is 2.00 bits per heavy atom. The van der Waals surface area contributed by atoms with Gasteiger partial charge in [0.1, 0.15) is 11.5 Å². The number of methoxy groups -OCH3 is 2. The molecule has 0 atom stereocenters. The van der Waals surface area contributed by atoms with Gasteiger partial charge in [-0.05, 0) is 32.9 Å². The molecule has 1 aromatic carbocycles. The molecule has 2 N–H and O–H groups in total. The molecule has 0 amide bonds. The highest BCUT2D eigenvalue weighted by atomic mass is 16.5. The van der Waals surface area contributed by atoms with Crippen molar-refractivity contribution in [1.82, 2.24) is 10.3 Å². The summed E-state index contributed by atoms with van der Waals surface area (Å²) in [4.78, 5) is 9.20. The molecule has 0 fully saturated rings.